The number of rotatable bonds is 6. The Morgan fingerprint density at radius 1 is 0.971 bits per heavy atom. The van der Waals surface area contributed by atoms with Gasteiger partial charge in [-0.1, -0.05) is 23.8 Å². The first-order valence-electron chi connectivity index (χ1n) is 10.7. The lowest BCUT2D eigenvalue weighted by molar-refractivity contribution is -0.385. The molecule has 5 rings (SSSR count). The van der Waals surface area contributed by atoms with Gasteiger partial charge in [0, 0.05) is 28.8 Å². The van der Waals surface area contributed by atoms with E-state index in [1.54, 1.807) is 0 Å². The van der Waals surface area contributed by atoms with Gasteiger partial charge in [-0.05, 0) is 42.5 Å². The van der Waals surface area contributed by atoms with E-state index < -0.39 is 45.9 Å². The fourth-order valence-electron chi connectivity index (χ4n) is 5.23. The van der Waals surface area contributed by atoms with Gasteiger partial charge in [0.1, 0.15) is 0 Å². The molecule has 2 aliphatic carbocycles. The van der Waals surface area contributed by atoms with Gasteiger partial charge >= 0.3 is 0 Å². The van der Waals surface area contributed by atoms with Crippen LogP contribution in [0.3, 0.4) is 0 Å². The minimum atomic E-state index is -0.800. The Kier molecular flexibility index (Phi) is 5.36. The molecule has 2 aromatic carbocycles. The number of non-ortho nitro benzene ring substituents is 1. The van der Waals surface area contributed by atoms with Crippen molar-refractivity contribution in [1.29, 1.82) is 0 Å². The van der Waals surface area contributed by atoms with Crippen LogP contribution in [-0.4, -0.2) is 37.6 Å². The van der Waals surface area contributed by atoms with E-state index in [0.29, 0.717) is 6.42 Å². The Morgan fingerprint density at radius 2 is 1.57 bits per heavy atom. The number of halogens is 1. The number of fused-ring (bicyclic) bond motifs is 5. The van der Waals surface area contributed by atoms with Gasteiger partial charge in [-0.15, -0.1) is 0 Å². The van der Waals surface area contributed by atoms with Gasteiger partial charge in [0.25, 0.3) is 29.1 Å². The zero-order chi connectivity index (χ0) is 25.0. The molecule has 1 heterocycles. The van der Waals surface area contributed by atoms with E-state index >= 15 is 0 Å². The van der Waals surface area contributed by atoms with Crippen LogP contribution in [0.25, 0.3) is 0 Å². The quantitative estimate of drug-likeness (QED) is 0.257. The number of hydrogen-bond donors (Lipinski definition) is 0. The topological polar surface area (TPSA) is 144 Å². The minimum Gasteiger partial charge on any atom is -0.272 e. The second kappa shape index (κ2) is 8.27. The van der Waals surface area contributed by atoms with Crippen LogP contribution >= 0.6 is 11.6 Å². The molecule has 2 bridgehead atoms. The summed E-state index contributed by atoms with van der Waals surface area (Å²) in [6.45, 7) is -0.455. The summed E-state index contributed by atoms with van der Waals surface area (Å²) in [6, 6.07) is 8.56. The first-order valence-corrected chi connectivity index (χ1v) is 11.1. The zero-order valence-corrected chi connectivity index (χ0v) is 18.7. The Hall–Kier alpha value is -4.12. The Morgan fingerprint density at radius 3 is 2.11 bits per heavy atom. The zero-order valence-electron chi connectivity index (χ0n) is 17.9. The molecule has 0 unspecified atom stereocenters. The van der Waals surface area contributed by atoms with Gasteiger partial charge in [0.2, 0.25) is 0 Å². The molecule has 0 radical (unpaired) electrons. The number of amides is 3. The number of allylic oxidation sites excluding steroid dienone is 2. The third-order valence-electron chi connectivity index (χ3n) is 6.81. The largest absolute Gasteiger partial charge is 0.275 e. The van der Waals surface area contributed by atoms with E-state index in [2.05, 4.69) is 0 Å². The molecular formula is C23H17ClN4O7. The van der Waals surface area contributed by atoms with Crippen LogP contribution in [0.15, 0.2) is 54.6 Å². The van der Waals surface area contributed by atoms with Crippen LogP contribution in [0, 0.1) is 43.9 Å². The molecule has 178 valence electrons. The second-order valence-electron chi connectivity index (χ2n) is 8.69. The van der Waals surface area contributed by atoms with Crippen molar-refractivity contribution in [3.8, 4) is 0 Å². The Bertz CT molecular complexity index is 1300. The number of carbonyl (C=O) groups is 3. The number of carbonyl (C=O) groups excluding carboxylic acids is 3. The van der Waals surface area contributed by atoms with E-state index in [-0.39, 0.29) is 39.4 Å². The number of hydrogen-bond acceptors (Lipinski definition) is 7. The van der Waals surface area contributed by atoms with Crippen molar-refractivity contribution >= 4 is 40.7 Å². The number of hydrazine groups is 1. The predicted octanol–water partition coefficient (Wildman–Crippen LogP) is 3.52. The van der Waals surface area contributed by atoms with Crippen LogP contribution in [0.2, 0.25) is 5.02 Å². The average molecular weight is 497 g/mol. The van der Waals surface area contributed by atoms with Crippen molar-refractivity contribution in [2.45, 2.75) is 13.0 Å². The van der Waals surface area contributed by atoms with Crippen molar-refractivity contribution in [3.63, 3.8) is 0 Å². The van der Waals surface area contributed by atoms with Gasteiger partial charge in [0.15, 0.2) is 0 Å². The first-order chi connectivity index (χ1) is 16.7. The molecule has 1 saturated carbocycles. The summed E-state index contributed by atoms with van der Waals surface area (Å²) in [5.41, 5.74) is -0.577. The van der Waals surface area contributed by atoms with E-state index in [9.17, 15) is 34.6 Å². The third-order valence-corrected chi connectivity index (χ3v) is 7.05. The summed E-state index contributed by atoms with van der Waals surface area (Å²) >= 11 is 5.91. The van der Waals surface area contributed by atoms with Crippen molar-refractivity contribution < 1.29 is 24.2 Å². The maximum Gasteiger partial charge on any atom is 0.275 e. The summed E-state index contributed by atoms with van der Waals surface area (Å²) in [6.07, 6.45) is 4.51. The molecular weight excluding hydrogens is 480 g/mol. The van der Waals surface area contributed by atoms with Crippen LogP contribution < -0.4 is 0 Å². The molecule has 0 N–H and O–H groups in total. The van der Waals surface area contributed by atoms with Gasteiger partial charge in [-0.3, -0.25) is 34.6 Å². The predicted molar refractivity (Wildman–Crippen MR) is 121 cm³/mol. The summed E-state index contributed by atoms with van der Waals surface area (Å²) < 4.78 is 0. The fourth-order valence-corrected chi connectivity index (χ4v) is 5.40. The molecule has 0 spiro atoms. The van der Waals surface area contributed by atoms with Gasteiger partial charge < -0.3 is 0 Å². The maximum atomic E-state index is 13.6. The molecule has 1 saturated heterocycles. The molecule has 3 amide bonds. The fraction of sp³-hybridized carbons (Fsp3) is 0.261. The molecule has 11 nitrogen and oxygen atoms in total. The maximum absolute atomic E-state index is 13.6. The van der Waals surface area contributed by atoms with Crippen LogP contribution in [0.1, 0.15) is 22.3 Å². The number of imide groups is 1. The molecule has 0 aromatic heterocycles. The number of nitro benzene ring substituents is 2. The molecule has 2 aromatic rings. The molecule has 35 heavy (non-hydrogen) atoms. The lowest BCUT2D eigenvalue weighted by Gasteiger charge is -2.31. The van der Waals surface area contributed by atoms with Crippen molar-refractivity contribution in [3.05, 3.63) is 91.0 Å². The van der Waals surface area contributed by atoms with Crippen molar-refractivity contribution in [2.24, 2.45) is 23.7 Å². The highest BCUT2D eigenvalue weighted by Gasteiger charge is 2.61. The van der Waals surface area contributed by atoms with Crippen molar-refractivity contribution in [1.82, 2.24) is 10.0 Å². The SMILES string of the molecule is O=C(c1ccc([N+](=O)[O-])cc1)N(Cc1ccc(Cl)cc1[N+](=O)[O-])N1C(=O)[C@H]2[C@H](C1=O)[C@H]1C=C[C@H]2C1. The van der Waals surface area contributed by atoms with E-state index in [0.717, 1.165) is 28.2 Å². The lowest BCUT2D eigenvalue weighted by Crippen LogP contribution is -2.50. The third kappa shape index (κ3) is 3.64. The lowest BCUT2D eigenvalue weighted by atomic mass is 9.85. The Balaban J connectivity index is 1.55. The first kappa shape index (κ1) is 22.7. The highest BCUT2D eigenvalue weighted by molar-refractivity contribution is 6.30. The van der Waals surface area contributed by atoms with Crippen molar-refractivity contribution in [2.75, 3.05) is 0 Å². The second-order valence-corrected chi connectivity index (χ2v) is 9.12. The molecule has 2 fully saturated rings. The van der Waals surface area contributed by atoms with Gasteiger partial charge in [-0.25, -0.2) is 5.01 Å². The van der Waals surface area contributed by atoms with Crippen LogP contribution in [0.4, 0.5) is 11.4 Å². The van der Waals surface area contributed by atoms with Crippen LogP contribution in [0.5, 0.6) is 0 Å². The summed E-state index contributed by atoms with van der Waals surface area (Å²) in [5.74, 6) is -3.27. The van der Waals surface area contributed by atoms with E-state index in [1.807, 2.05) is 12.2 Å². The monoisotopic (exact) mass is 496 g/mol. The van der Waals surface area contributed by atoms with E-state index in [1.165, 1.54) is 24.3 Å². The normalized spacial score (nSPS) is 24.1. The molecule has 3 aliphatic rings. The van der Waals surface area contributed by atoms with Gasteiger partial charge in [-0.2, -0.15) is 5.01 Å². The Labute approximate surface area is 202 Å². The number of benzene rings is 2. The highest BCUT2D eigenvalue weighted by atomic mass is 35.5. The number of nitrogens with zero attached hydrogens (tertiary/aromatic N) is 4. The molecule has 12 heteroatoms. The average Bonchev–Trinajstić information content (AvgIpc) is 3.52. The smallest absolute Gasteiger partial charge is 0.272 e. The molecule has 1 aliphatic heterocycles. The minimum absolute atomic E-state index is 0.0222. The summed E-state index contributed by atoms with van der Waals surface area (Å²) in [5, 5.41) is 24.4. The summed E-state index contributed by atoms with van der Waals surface area (Å²) in [4.78, 5) is 61.7. The molecule has 4 atom stereocenters. The number of nitro groups is 2. The van der Waals surface area contributed by atoms with Gasteiger partial charge in [0.05, 0.1) is 33.8 Å². The van der Waals surface area contributed by atoms with E-state index in [4.69, 9.17) is 11.6 Å². The summed E-state index contributed by atoms with van der Waals surface area (Å²) in [7, 11) is 0. The standard InChI is InChI=1S/C23H17ClN4O7/c24-16-6-3-15(18(10-16)28(34)35)11-25(21(29)12-4-7-17(8-5-12)27(32)33)26-22(30)19-13-1-2-14(9-13)20(19)23(26)31/h1-8,10,13-14,19-20H,9,11H2/t13-,14-,19+,20+/m0/s1. The van der Waals surface area contributed by atoms with Crippen LogP contribution in [-0.2, 0) is 16.1 Å². The highest BCUT2D eigenvalue weighted by Crippen LogP contribution is 2.53.